The molecule has 1 aromatic carbocycles. The number of carbonyl (C=O) groups is 3. The summed E-state index contributed by atoms with van der Waals surface area (Å²) in [6.07, 6.45) is 7.74. The average Bonchev–Trinajstić information content (AvgIpc) is 3.06. The Morgan fingerprint density at radius 2 is 2.03 bits per heavy atom. The molecule has 8 heteroatoms. The fraction of sp³-hybridized carbons (Fsp3) is 0.304. The number of piperidine rings is 1. The molecule has 6 nitrogen and oxygen atoms in total. The van der Waals surface area contributed by atoms with Crippen molar-refractivity contribution in [2.24, 2.45) is 0 Å². The van der Waals surface area contributed by atoms with Gasteiger partial charge in [-0.3, -0.25) is 24.3 Å². The van der Waals surface area contributed by atoms with Gasteiger partial charge in [0.2, 0.25) is 5.91 Å². The molecule has 0 radical (unpaired) electrons. The lowest BCUT2D eigenvalue weighted by atomic mass is 9.96. The molecule has 2 fully saturated rings. The van der Waals surface area contributed by atoms with Crippen molar-refractivity contribution in [2.75, 3.05) is 13.1 Å². The Morgan fingerprint density at radius 1 is 1.19 bits per heavy atom. The fourth-order valence-electron chi connectivity index (χ4n) is 3.93. The molecule has 0 spiro atoms. The lowest BCUT2D eigenvalue weighted by molar-refractivity contribution is -0.135. The number of nitrogens with zero attached hydrogens (tertiary/aromatic N) is 3. The molecule has 3 heterocycles. The van der Waals surface area contributed by atoms with E-state index in [1.807, 2.05) is 17.0 Å². The molecule has 2 saturated heterocycles. The molecular formula is C23H22FN3O3S. The predicted octanol–water partition coefficient (Wildman–Crippen LogP) is 4.40. The van der Waals surface area contributed by atoms with E-state index in [2.05, 4.69) is 4.98 Å². The molecule has 2 aliphatic heterocycles. The highest BCUT2D eigenvalue weighted by atomic mass is 32.2. The molecule has 1 unspecified atom stereocenters. The Morgan fingerprint density at radius 3 is 2.81 bits per heavy atom. The number of carbonyl (C=O) groups excluding carboxylic acids is 3. The Hall–Kier alpha value is -3.00. The molecule has 3 amide bonds. The van der Waals surface area contributed by atoms with Crippen molar-refractivity contribution in [2.45, 2.75) is 31.7 Å². The van der Waals surface area contributed by atoms with Crippen LogP contribution in [0.25, 0.3) is 6.08 Å². The maximum Gasteiger partial charge on any atom is 0.293 e. The van der Waals surface area contributed by atoms with E-state index in [9.17, 15) is 18.8 Å². The molecule has 4 rings (SSSR count). The van der Waals surface area contributed by atoms with Gasteiger partial charge in [-0.05, 0) is 54.8 Å². The van der Waals surface area contributed by atoms with E-state index in [-0.39, 0.29) is 35.4 Å². The highest BCUT2D eigenvalue weighted by Gasteiger charge is 2.36. The number of aromatic nitrogens is 1. The summed E-state index contributed by atoms with van der Waals surface area (Å²) in [5.74, 6) is -1.05. The summed E-state index contributed by atoms with van der Waals surface area (Å²) >= 11 is 0.769. The van der Waals surface area contributed by atoms with Crippen LogP contribution in [-0.2, 0) is 9.59 Å². The molecular weight excluding hydrogens is 417 g/mol. The van der Waals surface area contributed by atoms with E-state index < -0.39 is 17.0 Å². The van der Waals surface area contributed by atoms with Crippen molar-refractivity contribution < 1.29 is 18.8 Å². The largest absolute Gasteiger partial charge is 0.336 e. The Bertz CT molecular complexity index is 1030. The first-order valence-electron chi connectivity index (χ1n) is 10.2. The zero-order chi connectivity index (χ0) is 21.8. The van der Waals surface area contributed by atoms with Crippen LogP contribution in [0.5, 0.6) is 0 Å². The molecule has 0 aliphatic carbocycles. The first kappa shape index (κ1) is 21.2. The van der Waals surface area contributed by atoms with Crippen LogP contribution >= 0.6 is 11.8 Å². The van der Waals surface area contributed by atoms with Gasteiger partial charge in [0, 0.05) is 37.5 Å². The second-order valence-corrected chi connectivity index (χ2v) is 8.48. The van der Waals surface area contributed by atoms with Crippen LogP contribution in [0, 0.1) is 5.82 Å². The topological polar surface area (TPSA) is 70.6 Å². The molecule has 160 valence electrons. The van der Waals surface area contributed by atoms with Crippen LogP contribution in [0.15, 0.2) is 53.7 Å². The zero-order valence-corrected chi connectivity index (χ0v) is 17.7. The van der Waals surface area contributed by atoms with E-state index in [0.717, 1.165) is 41.5 Å². The second kappa shape index (κ2) is 9.43. The molecule has 1 atom stereocenters. The van der Waals surface area contributed by atoms with Crippen molar-refractivity contribution in [3.63, 3.8) is 0 Å². The summed E-state index contributed by atoms with van der Waals surface area (Å²) in [4.78, 5) is 45.2. The van der Waals surface area contributed by atoms with E-state index in [1.165, 1.54) is 12.1 Å². The average molecular weight is 440 g/mol. The number of thioether (sulfide) groups is 1. The van der Waals surface area contributed by atoms with Crippen LogP contribution in [0.2, 0.25) is 0 Å². The van der Waals surface area contributed by atoms with E-state index in [1.54, 1.807) is 30.6 Å². The summed E-state index contributed by atoms with van der Waals surface area (Å²) < 4.78 is 13.9. The van der Waals surface area contributed by atoms with Crippen molar-refractivity contribution in [1.29, 1.82) is 0 Å². The fourth-order valence-corrected chi connectivity index (χ4v) is 4.78. The SMILES string of the molecule is O=C1SC(=Cc2ccccc2F)C(=O)N1CCC(=O)N1CCCCC1c1cccnc1. The number of benzene rings is 1. The minimum Gasteiger partial charge on any atom is -0.336 e. The van der Waals surface area contributed by atoms with Crippen molar-refractivity contribution in [3.8, 4) is 0 Å². The van der Waals surface area contributed by atoms with Crippen LogP contribution < -0.4 is 0 Å². The maximum atomic E-state index is 13.9. The Balaban J connectivity index is 1.42. The number of hydrogen-bond acceptors (Lipinski definition) is 5. The van der Waals surface area contributed by atoms with Gasteiger partial charge < -0.3 is 4.90 Å². The standard InChI is InChI=1S/C23H22FN3O3S/c24-18-8-2-1-6-16(18)14-20-22(29)27(23(30)31-20)13-10-21(28)26-12-4-3-9-19(26)17-7-5-11-25-15-17/h1-2,5-8,11,14-15,19H,3-4,9-10,12-13H2. The third kappa shape index (κ3) is 4.69. The van der Waals surface area contributed by atoms with Gasteiger partial charge in [-0.15, -0.1) is 0 Å². The number of likely N-dealkylation sites (tertiary alicyclic amines) is 1. The lowest BCUT2D eigenvalue weighted by Gasteiger charge is -2.36. The predicted molar refractivity (Wildman–Crippen MR) is 116 cm³/mol. The highest BCUT2D eigenvalue weighted by Crippen LogP contribution is 2.34. The van der Waals surface area contributed by atoms with Gasteiger partial charge in [0.15, 0.2) is 0 Å². The van der Waals surface area contributed by atoms with Gasteiger partial charge in [-0.1, -0.05) is 24.3 Å². The third-order valence-electron chi connectivity index (χ3n) is 5.51. The van der Waals surface area contributed by atoms with Crippen LogP contribution in [0.3, 0.4) is 0 Å². The van der Waals surface area contributed by atoms with Crippen molar-refractivity contribution in [3.05, 3.63) is 70.6 Å². The summed E-state index contributed by atoms with van der Waals surface area (Å²) in [6.45, 7) is 0.655. The van der Waals surface area contributed by atoms with E-state index in [4.69, 9.17) is 0 Å². The second-order valence-electron chi connectivity index (χ2n) is 7.49. The highest BCUT2D eigenvalue weighted by molar-refractivity contribution is 8.18. The number of imide groups is 1. The summed E-state index contributed by atoms with van der Waals surface area (Å²) in [5.41, 5.74) is 1.24. The quantitative estimate of drug-likeness (QED) is 0.646. The van der Waals surface area contributed by atoms with Crippen LogP contribution in [0.4, 0.5) is 9.18 Å². The van der Waals surface area contributed by atoms with E-state index in [0.29, 0.717) is 6.54 Å². The number of halogens is 1. The van der Waals surface area contributed by atoms with Crippen molar-refractivity contribution in [1.82, 2.24) is 14.8 Å². The molecule has 1 aromatic heterocycles. The first-order valence-corrected chi connectivity index (χ1v) is 11.1. The summed E-state index contributed by atoms with van der Waals surface area (Å²) in [5, 5.41) is -0.442. The van der Waals surface area contributed by atoms with E-state index >= 15 is 0 Å². The van der Waals surface area contributed by atoms with Crippen LogP contribution in [-0.4, -0.2) is 44.9 Å². The van der Waals surface area contributed by atoms with Gasteiger partial charge in [-0.2, -0.15) is 0 Å². The molecule has 31 heavy (non-hydrogen) atoms. The Labute approximate surface area is 184 Å². The number of hydrogen-bond donors (Lipinski definition) is 0. The maximum absolute atomic E-state index is 13.9. The number of amides is 3. The molecule has 0 saturated carbocycles. The zero-order valence-electron chi connectivity index (χ0n) is 16.9. The molecule has 0 bridgehead atoms. The van der Waals surface area contributed by atoms with Gasteiger partial charge in [0.05, 0.1) is 10.9 Å². The van der Waals surface area contributed by atoms with Gasteiger partial charge in [0.1, 0.15) is 5.82 Å². The van der Waals surface area contributed by atoms with Crippen molar-refractivity contribution >= 4 is 34.9 Å². The van der Waals surface area contributed by atoms with Gasteiger partial charge >= 0.3 is 0 Å². The van der Waals surface area contributed by atoms with Crippen LogP contribution in [0.1, 0.15) is 42.9 Å². The van der Waals surface area contributed by atoms with Gasteiger partial charge in [-0.25, -0.2) is 4.39 Å². The molecule has 0 N–H and O–H groups in total. The smallest absolute Gasteiger partial charge is 0.293 e. The Kier molecular flexibility index (Phi) is 6.46. The summed E-state index contributed by atoms with van der Waals surface area (Å²) in [6, 6.07) is 9.85. The minimum absolute atomic E-state index is 0.00831. The molecule has 2 aromatic rings. The summed E-state index contributed by atoms with van der Waals surface area (Å²) in [7, 11) is 0. The number of pyridine rings is 1. The minimum atomic E-state index is -0.492. The molecule has 2 aliphatic rings. The lowest BCUT2D eigenvalue weighted by Crippen LogP contribution is -2.40. The van der Waals surface area contributed by atoms with Gasteiger partial charge in [0.25, 0.3) is 11.1 Å². The third-order valence-corrected chi connectivity index (χ3v) is 6.41. The normalized spacial score (nSPS) is 20.5. The first-order chi connectivity index (χ1) is 15.0. The number of rotatable bonds is 5. The monoisotopic (exact) mass is 439 g/mol.